The average molecular weight is 406 g/mol. The molecule has 1 heterocycles. The van der Waals surface area contributed by atoms with Crippen molar-refractivity contribution in [2.75, 3.05) is 0 Å². The Balaban J connectivity index is 2.64. The fourth-order valence-electron chi connectivity index (χ4n) is 3.07. The average Bonchev–Trinajstić information content (AvgIpc) is 2.92. The van der Waals surface area contributed by atoms with Gasteiger partial charge in [0, 0.05) is 12.3 Å². The van der Waals surface area contributed by atoms with Crippen LogP contribution in [0.4, 0.5) is 0 Å². The zero-order valence-electron chi connectivity index (χ0n) is 16.7. The summed E-state index contributed by atoms with van der Waals surface area (Å²) in [5.41, 5.74) is 1.73. The van der Waals surface area contributed by atoms with E-state index in [-0.39, 0.29) is 0 Å². The molecule has 27 heavy (non-hydrogen) atoms. The normalized spacial score (nSPS) is 13.0. The van der Waals surface area contributed by atoms with E-state index in [2.05, 4.69) is 30.0 Å². The predicted molar refractivity (Wildman–Crippen MR) is 119 cm³/mol. The van der Waals surface area contributed by atoms with E-state index in [1.807, 2.05) is 32.0 Å². The fraction of sp³-hybridized carbons (Fsp3) is 0.455. The molecule has 1 aromatic carbocycles. The van der Waals surface area contributed by atoms with Gasteiger partial charge < -0.3 is 4.57 Å². The molecule has 0 saturated carbocycles. The first-order valence-electron chi connectivity index (χ1n) is 9.60. The number of hydrogen-bond acceptors (Lipinski definition) is 2. The molecular formula is C22H29Cl2N3. The van der Waals surface area contributed by atoms with Crippen LogP contribution >= 0.6 is 23.2 Å². The van der Waals surface area contributed by atoms with Gasteiger partial charge in [-0.15, -0.1) is 0 Å². The Morgan fingerprint density at radius 2 is 1.93 bits per heavy atom. The van der Waals surface area contributed by atoms with Gasteiger partial charge in [0.25, 0.3) is 0 Å². The van der Waals surface area contributed by atoms with E-state index in [1.165, 1.54) is 19.3 Å². The minimum absolute atomic E-state index is 0.559. The monoisotopic (exact) mass is 405 g/mol. The van der Waals surface area contributed by atoms with E-state index in [0.717, 1.165) is 40.8 Å². The third-order valence-electron chi connectivity index (χ3n) is 4.72. The van der Waals surface area contributed by atoms with Crippen LogP contribution < -0.4 is 10.7 Å². The maximum absolute atomic E-state index is 6.48. The Morgan fingerprint density at radius 3 is 2.48 bits per heavy atom. The topological polar surface area (TPSA) is 30.2 Å². The molecule has 0 amide bonds. The molecule has 2 rings (SSSR count). The third-order valence-corrected chi connectivity index (χ3v) is 5.35. The van der Waals surface area contributed by atoms with Crippen molar-refractivity contribution < 1.29 is 0 Å². The van der Waals surface area contributed by atoms with Gasteiger partial charge in [-0.25, -0.2) is 4.98 Å². The van der Waals surface area contributed by atoms with Gasteiger partial charge in [0.1, 0.15) is 11.2 Å². The number of benzene rings is 1. The van der Waals surface area contributed by atoms with Gasteiger partial charge >= 0.3 is 0 Å². The van der Waals surface area contributed by atoms with Crippen LogP contribution in [0.15, 0.2) is 23.2 Å². The minimum Gasteiger partial charge on any atom is -0.324 e. The summed E-state index contributed by atoms with van der Waals surface area (Å²) in [7, 11) is 0. The van der Waals surface area contributed by atoms with E-state index < -0.39 is 0 Å². The molecule has 0 unspecified atom stereocenters. The molecule has 0 bridgehead atoms. The van der Waals surface area contributed by atoms with Crippen molar-refractivity contribution in [3.63, 3.8) is 0 Å². The molecule has 0 fully saturated rings. The first-order valence-corrected chi connectivity index (χ1v) is 10.4. The van der Waals surface area contributed by atoms with Crippen LogP contribution in [0.3, 0.4) is 0 Å². The number of aliphatic imine (C=N–C) groups is 1. The van der Waals surface area contributed by atoms with Crippen molar-refractivity contribution in [2.45, 2.75) is 59.9 Å². The number of halogens is 2. The Bertz CT molecular complexity index is 888. The standard InChI is InChI=1S/C22H29Cl2N3/c1-6-8-10-17(7-2)14-27-16(5)20(13-25-15(3)4)26-22(27)21-18(23)11-9-12-19(21)24/h9,11-13,17H,5-8,10,14H2,1-4H3/b20-13+/t17-/m1/s1. The van der Waals surface area contributed by atoms with Crippen molar-refractivity contribution in [3.8, 4) is 11.4 Å². The number of unbranched alkanes of at least 4 members (excludes halogenated alkanes) is 1. The van der Waals surface area contributed by atoms with E-state index in [9.17, 15) is 0 Å². The molecule has 146 valence electrons. The molecule has 0 saturated heterocycles. The lowest BCUT2D eigenvalue weighted by Crippen LogP contribution is -2.30. The second kappa shape index (κ2) is 10.1. The second-order valence-corrected chi connectivity index (χ2v) is 7.91. The SMILES string of the molecule is C=c1/c(=C\N=C(C)C)nc(-c2c(Cl)cccc2Cl)n1C[C@H](CC)CCCC. The van der Waals surface area contributed by atoms with Gasteiger partial charge in [0.15, 0.2) is 0 Å². The number of imidazole rings is 1. The highest BCUT2D eigenvalue weighted by Crippen LogP contribution is 2.33. The van der Waals surface area contributed by atoms with Gasteiger partial charge in [-0.3, -0.25) is 4.99 Å². The lowest BCUT2D eigenvalue weighted by Gasteiger charge is -2.18. The van der Waals surface area contributed by atoms with Crippen LogP contribution in [0.1, 0.15) is 53.4 Å². The predicted octanol–water partition coefficient (Wildman–Crippen LogP) is 5.70. The summed E-state index contributed by atoms with van der Waals surface area (Å²) in [4.78, 5) is 9.22. The minimum atomic E-state index is 0.559. The molecule has 3 nitrogen and oxygen atoms in total. The summed E-state index contributed by atoms with van der Waals surface area (Å²) in [6.45, 7) is 13.5. The van der Waals surface area contributed by atoms with Crippen molar-refractivity contribution >= 4 is 41.7 Å². The molecule has 0 spiro atoms. The zero-order chi connectivity index (χ0) is 20.0. The van der Waals surface area contributed by atoms with Crippen LogP contribution in [0, 0.1) is 5.92 Å². The maximum Gasteiger partial charge on any atom is 0.144 e. The summed E-state index contributed by atoms with van der Waals surface area (Å²) in [6, 6.07) is 5.54. The lowest BCUT2D eigenvalue weighted by atomic mass is 9.99. The van der Waals surface area contributed by atoms with Crippen molar-refractivity contribution in [2.24, 2.45) is 10.9 Å². The fourth-order valence-corrected chi connectivity index (χ4v) is 3.64. The molecule has 2 aromatic rings. The number of rotatable bonds is 8. The highest BCUT2D eigenvalue weighted by Gasteiger charge is 2.18. The smallest absolute Gasteiger partial charge is 0.144 e. The quantitative estimate of drug-likeness (QED) is 0.517. The zero-order valence-corrected chi connectivity index (χ0v) is 18.2. The largest absolute Gasteiger partial charge is 0.324 e. The van der Waals surface area contributed by atoms with Gasteiger partial charge in [-0.05, 0) is 38.3 Å². The van der Waals surface area contributed by atoms with Crippen molar-refractivity contribution in [1.29, 1.82) is 0 Å². The van der Waals surface area contributed by atoms with E-state index in [0.29, 0.717) is 16.0 Å². The molecule has 1 atom stereocenters. The Labute approximate surface area is 172 Å². The summed E-state index contributed by atoms with van der Waals surface area (Å²) in [5.74, 6) is 1.32. The van der Waals surface area contributed by atoms with Gasteiger partial charge in [-0.1, -0.05) is 69.0 Å². The summed E-state index contributed by atoms with van der Waals surface area (Å²) >= 11 is 13.0. The van der Waals surface area contributed by atoms with Crippen LogP contribution in [-0.4, -0.2) is 15.3 Å². The van der Waals surface area contributed by atoms with E-state index in [1.54, 1.807) is 6.20 Å². The van der Waals surface area contributed by atoms with Crippen LogP contribution in [0.2, 0.25) is 10.0 Å². The van der Waals surface area contributed by atoms with Crippen LogP contribution in [0.25, 0.3) is 24.2 Å². The molecule has 0 aliphatic rings. The highest BCUT2D eigenvalue weighted by atomic mass is 35.5. The number of hydrogen-bond donors (Lipinski definition) is 0. The molecule has 0 radical (unpaired) electrons. The Morgan fingerprint density at radius 1 is 1.26 bits per heavy atom. The summed E-state index contributed by atoms with van der Waals surface area (Å²) < 4.78 is 2.16. The maximum atomic E-state index is 6.48. The second-order valence-electron chi connectivity index (χ2n) is 7.10. The van der Waals surface area contributed by atoms with Crippen molar-refractivity contribution in [1.82, 2.24) is 9.55 Å². The van der Waals surface area contributed by atoms with E-state index in [4.69, 9.17) is 28.2 Å². The van der Waals surface area contributed by atoms with Gasteiger partial charge in [0.05, 0.1) is 27.2 Å². The number of aromatic nitrogens is 2. The van der Waals surface area contributed by atoms with Crippen LogP contribution in [-0.2, 0) is 6.54 Å². The first-order chi connectivity index (χ1) is 12.9. The van der Waals surface area contributed by atoms with Crippen molar-refractivity contribution in [3.05, 3.63) is 38.9 Å². The molecule has 0 N–H and O–H groups in total. The Kier molecular flexibility index (Phi) is 8.12. The van der Waals surface area contributed by atoms with Gasteiger partial charge in [-0.2, -0.15) is 0 Å². The molecular weight excluding hydrogens is 377 g/mol. The highest BCUT2D eigenvalue weighted by molar-refractivity contribution is 6.39. The molecule has 0 aliphatic carbocycles. The summed E-state index contributed by atoms with van der Waals surface area (Å²) in [5, 5.41) is 2.79. The number of nitrogens with zero attached hydrogens (tertiary/aromatic N) is 3. The first kappa shape index (κ1) is 21.7. The van der Waals surface area contributed by atoms with Gasteiger partial charge in [0.2, 0.25) is 0 Å². The van der Waals surface area contributed by atoms with E-state index >= 15 is 0 Å². The molecule has 1 aromatic heterocycles. The Hall–Kier alpha value is -1.58. The molecule has 5 heteroatoms. The van der Waals surface area contributed by atoms with Crippen LogP contribution in [0.5, 0.6) is 0 Å². The molecule has 0 aliphatic heterocycles. The third kappa shape index (κ3) is 5.46. The summed E-state index contributed by atoms with van der Waals surface area (Å²) in [6.07, 6.45) is 6.49. The lowest BCUT2D eigenvalue weighted by molar-refractivity contribution is 0.389.